The van der Waals surface area contributed by atoms with Crippen LogP contribution in [0.25, 0.3) is 0 Å². The van der Waals surface area contributed by atoms with Crippen LogP contribution in [0.3, 0.4) is 0 Å². The number of aryl methyl sites for hydroxylation is 1. The second-order valence-electron chi connectivity index (χ2n) is 3.02. The molecule has 1 aromatic rings. The number of rotatable bonds is 2. The molecule has 0 aliphatic carbocycles. The number of benzene rings is 1. The lowest BCUT2D eigenvalue weighted by atomic mass is 10.0. The van der Waals surface area contributed by atoms with Crippen LogP contribution in [0.5, 0.6) is 0 Å². The molecule has 0 amide bonds. The van der Waals surface area contributed by atoms with Gasteiger partial charge in [0, 0.05) is 11.1 Å². The van der Waals surface area contributed by atoms with Crippen molar-refractivity contribution in [3.05, 3.63) is 34.3 Å². The summed E-state index contributed by atoms with van der Waals surface area (Å²) in [5, 5.41) is 0.763. The molecular formula is C10H14ClN. The quantitative estimate of drug-likeness (QED) is 0.750. The summed E-state index contributed by atoms with van der Waals surface area (Å²) in [4.78, 5) is 0. The van der Waals surface area contributed by atoms with Crippen LogP contribution in [-0.4, -0.2) is 0 Å². The molecular weight excluding hydrogens is 170 g/mol. The maximum absolute atomic E-state index is 5.91. The van der Waals surface area contributed by atoms with Gasteiger partial charge in [-0.3, -0.25) is 0 Å². The molecule has 2 N–H and O–H groups in total. The smallest absolute Gasteiger partial charge is 0.0409 e. The van der Waals surface area contributed by atoms with Crippen molar-refractivity contribution in [1.82, 2.24) is 0 Å². The average Bonchev–Trinajstić information content (AvgIpc) is 2.08. The summed E-state index contributed by atoms with van der Waals surface area (Å²) in [6.07, 6.45) is 0.946. The highest BCUT2D eigenvalue weighted by molar-refractivity contribution is 6.30. The molecule has 0 bridgehead atoms. The zero-order valence-corrected chi connectivity index (χ0v) is 8.23. The molecule has 0 heterocycles. The molecule has 1 rings (SSSR count). The summed E-state index contributed by atoms with van der Waals surface area (Å²) in [7, 11) is 0. The Morgan fingerprint density at radius 3 is 2.75 bits per heavy atom. The number of hydrogen-bond acceptors (Lipinski definition) is 1. The highest BCUT2D eigenvalue weighted by Crippen LogP contribution is 2.21. The van der Waals surface area contributed by atoms with Gasteiger partial charge in [-0.15, -0.1) is 0 Å². The second kappa shape index (κ2) is 3.92. The minimum atomic E-state index is 0.115. The highest BCUT2D eigenvalue weighted by atomic mass is 35.5. The van der Waals surface area contributed by atoms with Gasteiger partial charge in [0.1, 0.15) is 0 Å². The van der Waals surface area contributed by atoms with Crippen LogP contribution in [0.2, 0.25) is 5.02 Å². The van der Waals surface area contributed by atoms with Crippen LogP contribution in [-0.2, 0) is 0 Å². The van der Waals surface area contributed by atoms with Crippen molar-refractivity contribution in [2.24, 2.45) is 5.73 Å². The van der Waals surface area contributed by atoms with E-state index in [-0.39, 0.29) is 6.04 Å². The van der Waals surface area contributed by atoms with Crippen LogP contribution in [0.15, 0.2) is 18.2 Å². The summed E-state index contributed by atoms with van der Waals surface area (Å²) in [5.74, 6) is 0. The fourth-order valence-corrected chi connectivity index (χ4v) is 1.41. The van der Waals surface area contributed by atoms with Crippen LogP contribution in [0, 0.1) is 6.92 Å². The lowest BCUT2D eigenvalue weighted by Gasteiger charge is -2.12. The predicted octanol–water partition coefficient (Wildman–Crippen LogP) is 3.06. The zero-order chi connectivity index (χ0) is 9.14. The van der Waals surface area contributed by atoms with Gasteiger partial charge in [0.25, 0.3) is 0 Å². The molecule has 0 aromatic heterocycles. The van der Waals surface area contributed by atoms with E-state index in [9.17, 15) is 0 Å². The van der Waals surface area contributed by atoms with E-state index in [0.717, 1.165) is 17.0 Å². The Morgan fingerprint density at radius 1 is 1.50 bits per heavy atom. The Kier molecular flexibility index (Phi) is 3.12. The van der Waals surface area contributed by atoms with Crippen molar-refractivity contribution >= 4 is 11.6 Å². The first kappa shape index (κ1) is 9.56. The summed E-state index contributed by atoms with van der Waals surface area (Å²) in [5.41, 5.74) is 8.28. The van der Waals surface area contributed by atoms with Gasteiger partial charge in [0.15, 0.2) is 0 Å². The van der Waals surface area contributed by atoms with Gasteiger partial charge in [-0.05, 0) is 36.6 Å². The standard InChI is InChI=1S/C10H14ClN/c1-3-10(12)9-6-8(11)5-4-7(9)2/h4-6,10H,3,12H2,1-2H3/t10-/m1/s1. The first-order chi connectivity index (χ1) is 5.65. The molecule has 0 spiro atoms. The summed E-state index contributed by atoms with van der Waals surface area (Å²) >= 11 is 5.86. The van der Waals surface area contributed by atoms with Crippen molar-refractivity contribution in [3.63, 3.8) is 0 Å². The predicted molar refractivity (Wildman–Crippen MR) is 53.4 cm³/mol. The van der Waals surface area contributed by atoms with Crippen molar-refractivity contribution in [3.8, 4) is 0 Å². The van der Waals surface area contributed by atoms with E-state index in [4.69, 9.17) is 17.3 Å². The van der Waals surface area contributed by atoms with Gasteiger partial charge >= 0.3 is 0 Å². The maximum atomic E-state index is 5.91. The largest absolute Gasteiger partial charge is 0.324 e. The van der Waals surface area contributed by atoms with Crippen molar-refractivity contribution in [2.75, 3.05) is 0 Å². The van der Waals surface area contributed by atoms with E-state index in [1.165, 1.54) is 5.56 Å². The van der Waals surface area contributed by atoms with E-state index >= 15 is 0 Å². The molecule has 66 valence electrons. The minimum absolute atomic E-state index is 0.115. The molecule has 0 fully saturated rings. The summed E-state index contributed by atoms with van der Waals surface area (Å²) in [6, 6.07) is 5.96. The van der Waals surface area contributed by atoms with E-state index < -0.39 is 0 Å². The Morgan fingerprint density at radius 2 is 2.17 bits per heavy atom. The molecule has 2 heteroatoms. The van der Waals surface area contributed by atoms with Crippen molar-refractivity contribution in [2.45, 2.75) is 26.3 Å². The first-order valence-electron chi connectivity index (χ1n) is 4.16. The first-order valence-corrected chi connectivity index (χ1v) is 4.54. The molecule has 0 unspecified atom stereocenters. The topological polar surface area (TPSA) is 26.0 Å². The van der Waals surface area contributed by atoms with Crippen molar-refractivity contribution in [1.29, 1.82) is 0 Å². The maximum Gasteiger partial charge on any atom is 0.0409 e. The van der Waals surface area contributed by atoms with E-state index in [0.29, 0.717) is 0 Å². The Labute approximate surface area is 78.5 Å². The minimum Gasteiger partial charge on any atom is -0.324 e. The second-order valence-corrected chi connectivity index (χ2v) is 3.45. The third-order valence-electron chi connectivity index (χ3n) is 2.08. The summed E-state index contributed by atoms with van der Waals surface area (Å²) < 4.78 is 0. The monoisotopic (exact) mass is 183 g/mol. The van der Waals surface area contributed by atoms with Crippen LogP contribution in [0.4, 0.5) is 0 Å². The number of hydrogen-bond donors (Lipinski definition) is 1. The highest BCUT2D eigenvalue weighted by Gasteiger charge is 2.06. The SMILES string of the molecule is CC[C@@H](N)c1cc(Cl)ccc1C. The van der Waals surface area contributed by atoms with E-state index in [2.05, 4.69) is 13.8 Å². The molecule has 0 aliphatic rings. The van der Waals surface area contributed by atoms with Crippen LogP contribution >= 0.6 is 11.6 Å². The summed E-state index contributed by atoms with van der Waals surface area (Å²) in [6.45, 7) is 4.13. The third kappa shape index (κ3) is 1.99. The molecule has 0 saturated carbocycles. The van der Waals surface area contributed by atoms with Gasteiger partial charge in [0.2, 0.25) is 0 Å². The van der Waals surface area contributed by atoms with Crippen molar-refractivity contribution < 1.29 is 0 Å². The van der Waals surface area contributed by atoms with Gasteiger partial charge in [-0.1, -0.05) is 24.6 Å². The van der Waals surface area contributed by atoms with E-state index in [1.807, 2.05) is 18.2 Å². The van der Waals surface area contributed by atoms with Gasteiger partial charge in [-0.25, -0.2) is 0 Å². The Balaban J connectivity index is 3.04. The lowest BCUT2D eigenvalue weighted by molar-refractivity contribution is 0.694. The molecule has 0 saturated heterocycles. The Bertz CT molecular complexity index is 271. The molecule has 1 nitrogen and oxygen atoms in total. The van der Waals surface area contributed by atoms with E-state index in [1.54, 1.807) is 0 Å². The van der Waals surface area contributed by atoms with Crippen LogP contribution in [0.1, 0.15) is 30.5 Å². The molecule has 1 aromatic carbocycles. The van der Waals surface area contributed by atoms with Gasteiger partial charge in [-0.2, -0.15) is 0 Å². The fraction of sp³-hybridized carbons (Fsp3) is 0.400. The molecule has 1 atom stereocenters. The normalized spacial score (nSPS) is 13.0. The number of nitrogens with two attached hydrogens (primary N) is 1. The zero-order valence-electron chi connectivity index (χ0n) is 7.47. The van der Waals surface area contributed by atoms with Gasteiger partial charge < -0.3 is 5.73 Å². The molecule has 0 radical (unpaired) electrons. The van der Waals surface area contributed by atoms with Gasteiger partial charge in [0.05, 0.1) is 0 Å². The average molecular weight is 184 g/mol. The third-order valence-corrected chi connectivity index (χ3v) is 2.32. The Hall–Kier alpha value is -0.530. The molecule has 0 aliphatic heterocycles. The van der Waals surface area contributed by atoms with Crippen LogP contribution < -0.4 is 5.73 Å². The molecule has 12 heavy (non-hydrogen) atoms. The fourth-order valence-electron chi connectivity index (χ4n) is 1.23. The number of halogens is 1. The lowest BCUT2D eigenvalue weighted by Crippen LogP contribution is -2.09.